The molecule has 162 valence electrons. The van der Waals surface area contributed by atoms with Gasteiger partial charge in [0, 0.05) is 17.3 Å². The fourth-order valence-electron chi connectivity index (χ4n) is 4.01. The smallest absolute Gasteiger partial charge is 0.224 e. The van der Waals surface area contributed by atoms with Crippen LogP contribution in [0.1, 0.15) is 35.7 Å². The molecule has 0 fully saturated rings. The minimum atomic E-state index is -0.658. The summed E-state index contributed by atoms with van der Waals surface area (Å²) in [6.07, 6.45) is 4.18. The molecule has 0 radical (unpaired) electrons. The molecule has 1 heterocycles. The lowest BCUT2D eigenvalue weighted by Gasteiger charge is -2.24. The van der Waals surface area contributed by atoms with Gasteiger partial charge in [0.2, 0.25) is 5.91 Å². The van der Waals surface area contributed by atoms with Crippen molar-refractivity contribution in [1.29, 1.82) is 0 Å². The molecule has 31 heavy (non-hydrogen) atoms. The van der Waals surface area contributed by atoms with Gasteiger partial charge in [-0.3, -0.25) is 4.79 Å². The van der Waals surface area contributed by atoms with Crippen LogP contribution in [0.2, 0.25) is 0 Å². The second kappa shape index (κ2) is 8.75. The van der Waals surface area contributed by atoms with E-state index in [4.69, 9.17) is 9.47 Å². The molecule has 0 bridgehead atoms. The zero-order chi connectivity index (χ0) is 22.0. The van der Waals surface area contributed by atoms with Crippen LogP contribution in [0.5, 0.6) is 11.5 Å². The molecule has 0 unspecified atom stereocenters. The highest BCUT2D eigenvalue weighted by molar-refractivity contribution is 5.79. The van der Waals surface area contributed by atoms with Gasteiger partial charge in [-0.2, -0.15) is 5.10 Å². The number of rotatable bonds is 6. The number of amides is 1. The van der Waals surface area contributed by atoms with Crippen molar-refractivity contribution in [3.63, 3.8) is 0 Å². The lowest BCUT2D eigenvalue weighted by Crippen LogP contribution is -2.32. The fourth-order valence-corrected chi connectivity index (χ4v) is 4.01. The maximum atomic E-state index is 13.7. The SMILES string of the molecule is COc1ccc(CC(=O)N[C@@H]2CCCc3c2cnn3-c2cc(F)cc(F)c2)cc1OC. The number of fused-ring (bicyclic) bond motifs is 1. The number of carbonyl (C=O) groups excluding carboxylic acids is 1. The second-order valence-corrected chi connectivity index (χ2v) is 7.46. The van der Waals surface area contributed by atoms with Gasteiger partial charge in [-0.25, -0.2) is 13.5 Å². The minimum Gasteiger partial charge on any atom is -0.493 e. The Bertz CT molecular complexity index is 1090. The first-order chi connectivity index (χ1) is 15.0. The van der Waals surface area contributed by atoms with Gasteiger partial charge < -0.3 is 14.8 Å². The lowest BCUT2D eigenvalue weighted by atomic mass is 9.92. The predicted molar refractivity (Wildman–Crippen MR) is 111 cm³/mol. The quantitative estimate of drug-likeness (QED) is 0.648. The Kier molecular flexibility index (Phi) is 5.88. The summed E-state index contributed by atoms with van der Waals surface area (Å²) in [5.74, 6) is -0.277. The summed E-state index contributed by atoms with van der Waals surface area (Å²) in [7, 11) is 3.11. The summed E-state index contributed by atoms with van der Waals surface area (Å²) in [5.41, 5.74) is 2.86. The van der Waals surface area contributed by atoms with Gasteiger partial charge in [0.25, 0.3) is 0 Å². The van der Waals surface area contributed by atoms with E-state index in [0.29, 0.717) is 17.2 Å². The van der Waals surface area contributed by atoms with Gasteiger partial charge in [-0.1, -0.05) is 6.07 Å². The second-order valence-electron chi connectivity index (χ2n) is 7.46. The van der Waals surface area contributed by atoms with Crippen molar-refractivity contribution in [3.05, 3.63) is 71.1 Å². The summed E-state index contributed by atoms with van der Waals surface area (Å²) in [4.78, 5) is 12.7. The van der Waals surface area contributed by atoms with Gasteiger partial charge >= 0.3 is 0 Å². The summed E-state index contributed by atoms with van der Waals surface area (Å²) < 4.78 is 39.4. The Labute approximate surface area is 178 Å². The highest BCUT2D eigenvalue weighted by atomic mass is 19.1. The molecular weight excluding hydrogens is 404 g/mol. The van der Waals surface area contributed by atoms with Crippen LogP contribution in [0.3, 0.4) is 0 Å². The number of hydrogen-bond donors (Lipinski definition) is 1. The molecule has 1 aromatic heterocycles. The minimum absolute atomic E-state index is 0.130. The van der Waals surface area contributed by atoms with Crippen molar-refractivity contribution >= 4 is 5.91 Å². The molecule has 8 heteroatoms. The van der Waals surface area contributed by atoms with Crippen LogP contribution in [-0.4, -0.2) is 29.9 Å². The van der Waals surface area contributed by atoms with Crippen LogP contribution in [0.15, 0.2) is 42.6 Å². The Hall–Kier alpha value is -3.42. The first kappa shape index (κ1) is 20.8. The van der Waals surface area contributed by atoms with E-state index in [1.54, 1.807) is 37.2 Å². The summed E-state index contributed by atoms with van der Waals surface area (Å²) in [6.45, 7) is 0. The van der Waals surface area contributed by atoms with Crippen molar-refractivity contribution < 1.29 is 23.0 Å². The predicted octanol–water partition coefficient (Wildman–Crippen LogP) is 3.90. The molecule has 0 aliphatic heterocycles. The number of carbonyl (C=O) groups is 1. The Morgan fingerprint density at radius 2 is 1.87 bits per heavy atom. The normalized spacial score (nSPS) is 15.3. The first-order valence-electron chi connectivity index (χ1n) is 10.0. The summed E-state index contributed by atoms with van der Waals surface area (Å²) in [6, 6.07) is 8.48. The van der Waals surface area contributed by atoms with Crippen LogP contribution in [-0.2, 0) is 17.6 Å². The average molecular weight is 427 g/mol. The molecule has 4 rings (SSSR count). The zero-order valence-electron chi connectivity index (χ0n) is 17.3. The summed E-state index contributed by atoms with van der Waals surface area (Å²) in [5, 5.41) is 7.40. The highest BCUT2D eigenvalue weighted by Crippen LogP contribution is 2.32. The van der Waals surface area contributed by atoms with Crippen molar-refractivity contribution in [2.75, 3.05) is 14.2 Å². The zero-order valence-corrected chi connectivity index (χ0v) is 17.3. The van der Waals surface area contributed by atoms with Crippen molar-refractivity contribution in [1.82, 2.24) is 15.1 Å². The molecule has 3 aromatic rings. The highest BCUT2D eigenvalue weighted by Gasteiger charge is 2.26. The molecular formula is C23H23F2N3O3. The van der Waals surface area contributed by atoms with Gasteiger partial charge in [0.1, 0.15) is 11.6 Å². The molecule has 0 saturated carbocycles. The number of halogens is 2. The first-order valence-corrected chi connectivity index (χ1v) is 10.0. The van der Waals surface area contributed by atoms with E-state index in [-0.39, 0.29) is 18.4 Å². The third-order valence-corrected chi connectivity index (χ3v) is 5.42. The Morgan fingerprint density at radius 1 is 1.13 bits per heavy atom. The third-order valence-electron chi connectivity index (χ3n) is 5.42. The topological polar surface area (TPSA) is 65.4 Å². The van der Waals surface area contributed by atoms with Crippen molar-refractivity contribution in [3.8, 4) is 17.2 Å². The third kappa shape index (κ3) is 4.38. The molecule has 1 aliphatic carbocycles. The number of aromatic nitrogens is 2. The van der Waals surface area contributed by atoms with Crippen LogP contribution in [0.4, 0.5) is 8.78 Å². The van der Waals surface area contributed by atoms with Gasteiger partial charge in [-0.05, 0) is 49.1 Å². The standard InChI is InChI=1S/C23H23F2N3O3/c1-30-21-7-6-14(8-22(21)31-2)9-23(29)27-19-4-3-5-20-18(19)13-26-28(20)17-11-15(24)10-16(25)12-17/h6-8,10-13,19H,3-5,9H2,1-2H3,(H,27,29)/t19-/m1/s1. The van der Waals surface area contributed by atoms with Gasteiger partial charge in [0.15, 0.2) is 11.5 Å². The number of methoxy groups -OCH3 is 2. The number of ether oxygens (including phenoxy) is 2. The van der Waals surface area contributed by atoms with Crippen LogP contribution in [0.25, 0.3) is 5.69 Å². The maximum Gasteiger partial charge on any atom is 0.224 e. The molecule has 0 spiro atoms. The van der Waals surface area contributed by atoms with Gasteiger partial charge in [-0.15, -0.1) is 0 Å². The van der Waals surface area contributed by atoms with Crippen molar-refractivity contribution in [2.45, 2.75) is 31.7 Å². The number of nitrogens with one attached hydrogen (secondary N) is 1. The van der Waals surface area contributed by atoms with Crippen LogP contribution >= 0.6 is 0 Å². The van der Waals surface area contributed by atoms with E-state index in [1.807, 2.05) is 6.07 Å². The lowest BCUT2D eigenvalue weighted by molar-refractivity contribution is -0.121. The van der Waals surface area contributed by atoms with E-state index < -0.39 is 11.6 Å². The van der Waals surface area contributed by atoms with Crippen molar-refractivity contribution in [2.24, 2.45) is 0 Å². The van der Waals surface area contributed by atoms with E-state index in [0.717, 1.165) is 42.1 Å². The number of benzene rings is 2. The van der Waals surface area contributed by atoms with E-state index in [9.17, 15) is 13.6 Å². The number of nitrogens with zero attached hydrogens (tertiary/aromatic N) is 2. The molecule has 0 saturated heterocycles. The largest absolute Gasteiger partial charge is 0.493 e. The fraction of sp³-hybridized carbons (Fsp3) is 0.304. The molecule has 1 atom stereocenters. The van der Waals surface area contributed by atoms with Crippen LogP contribution in [0, 0.1) is 11.6 Å². The maximum absolute atomic E-state index is 13.7. The van der Waals surface area contributed by atoms with E-state index >= 15 is 0 Å². The summed E-state index contributed by atoms with van der Waals surface area (Å²) >= 11 is 0. The molecule has 1 aliphatic rings. The monoisotopic (exact) mass is 427 g/mol. The molecule has 6 nitrogen and oxygen atoms in total. The van der Waals surface area contributed by atoms with E-state index in [2.05, 4.69) is 10.4 Å². The van der Waals surface area contributed by atoms with Crippen LogP contribution < -0.4 is 14.8 Å². The number of hydrogen-bond acceptors (Lipinski definition) is 4. The molecule has 2 aromatic carbocycles. The molecule has 1 amide bonds. The van der Waals surface area contributed by atoms with Gasteiger partial charge in [0.05, 0.1) is 38.6 Å². The Morgan fingerprint density at radius 3 is 2.58 bits per heavy atom. The average Bonchev–Trinajstić information content (AvgIpc) is 3.18. The molecule has 1 N–H and O–H groups in total. The Balaban J connectivity index is 1.51. The van der Waals surface area contributed by atoms with E-state index in [1.165, 1.54) is 12.1 Å².